The van der Waals surface area contributed by atoms with E-state index in [2.05, 4.69) is 0 Å². The van der Waals surface area contributed by atoms with Crippen LogP contribution in [0.25, 0.3) is 0 Å². The molecule has 2 atom stereocenters. The van der Waals surface area contributed by atoms with Gasteiger partial charge in [-0.2, -0.15) is 0 Å². The number of benzene rings is 2. The Kier molecular flexibility index (Phi) is 3.32. The third kappa shape index (κ3) is 2.34. The smallest absolute Gasteiger partial charge is 0.129 e. The molecule has 2 aromatic rings. The first-order chi connectivity index (χ1) is 9.67. The molecule has 3 nitrogen and oxygen atoms in total. The van der Waals surface area contributed by atoms with Crippen LogP contribution >= 0.6 is 0 Å². The van der Waals surface area contributed by atoms with Gasteiger partial charge < -0.3 is 14.6 Å². The van der Waals surface area contributed by atoms with Gasteiger partial charge in [-0.05, 0) is 29.8 Å². The summed E-state index contributed by atoms with van der Waals surface area (Å²) in [7, 11) is 1.58. The van der Waals surface area contributed by atoms with Crippen LogP contribution in [0, 0.1) is 5.82 Å². The van der Waals surface area contributed by atoms with Crippen LogP contribution in [0.3, 0.4) is 0 Å². The average Bonchev–Trinajstić information content (AvgIpc) is 2.47. The Morgan fingerprint density at radius 1 is 1.20 bits per heavy atom. The molecule has 0 saturated heterocycles. The fourth-order valence-electron chi connectivity index (χ4n) is 2.43. The molecular weight excluding hydrogens is 259 g/mol. The minimum atomic E-state index is -0.597. The molecule has 3 rings (SSSR count). The van der Waals surface area contributed by atoms with Gasteiger partial charge >= 0.3 is 0 Å². The van der Waals surface area contributed by atoms with Crippen molar-refractivity contribution >= 4 is 0 Å². The predicted molar refractivity (Wildman–Crippen MR) is 72.3 cm³/mol. The Morgan fingerprint density at radius 3 is 2.65 bits per heavy atom. The lowest BCUT2D eigenvalue weighted by Crippen LogP contribution is -2.19. The monoisotopic (exact) mass is 274 g/mol. The van der Waals surface area contributed by atoms with Gasteiger partial charge in [0.2, 0.25) is 0 Å². The number of ether oxygens (including phenoxy) is 2. The van der Waals surface area contributed by atoms with Crippen molar-refractivity contribution in [3.8, 4) is 11.5 Å². The van der Waals surface area contributed by atoms with Crippen LogP contribution in [0.1, 0.15) is 29.8 Å². The third-order valence-corrected chi connectivity index (χ3v) is 3.53. The summed E-state index contributed by atoms with van der Waals surface area (Å²) in [6, 6.07) is 11.5. The maximum atomic E-state index is 13.0. The molecule has 0 bridgehead atoms. The minimum Gasteiger partial charge on any atom is -0.497 e. The molecule has 0 saturated carbocycles. The van der Waals surface area contributed by atoms with Gasteiger partial charge in [0.25, 0.3) is 0 Å². The largest absolute Gasteiger partial charge is 0.497 e. The number of methoxy groups -OCH3 is 1. The van der Waals surface area contributed by atoms with Crippen molar-refractivity contribution in [3.05, 3.63) is 59.4 Å². The second-order valence-electron chi connectivity index (χ2n) is 4.81. The van der Waals surface area contributed by atoms with Gasteiger partial charge in [0.1, 0.15) is 23.4 Å². The van der Waals surface area contributed by atoms with Crippen LogP contribution < -0.4 is 9.47 Å². The van der Waals surface area contributed by atoms with E-state index < -0.39 is 6.10 Å². The fourth-order valence-corrected chi connectivity index (χ4v) is 2.43. The van der Waals surface area contributed by atoms with Crippen molar-refractivity contribution in [1.29, 1.82) is 0 Å². The maximum Gasteiger partial charge on any atom is 0.129 e. The number of aliphatic hydroxyl groups is 1. The second kappa shape index (κ2) is 5.13. The van der Waals surface area contributed by atoms with E-state index in [1.165, 1.54) is 12.1 Å². The number of hydrogen-bond donors (Lipinski definition) is 1. The topological polar surface area (TPSA) is 38.7 Å². The number of hydrogen-bond acceptors (Lipinski definition) is 3. The summed E-state index contributed by atoms with van der Waals surface area (Å²) < 4.78 is 24.0. The van der Waals surface area contributed by atoms with Crippen molar-refractivity contribution in [2.24, 2.45) is 0 Å². The molecule has 20 heavy (non-hydrogen) atoms. The molecule has 4 heteroatoms. The highest BCUT2D eigenvalue weighted by Crippen LogP contribution is 2.42. The lowest BCUT2D eigenvalue weighted by atomic mass is 9.95. The highest BCUT2D eigenvalue weighted by molar-refractivity contribution is 5.44. The van der Waals surface area contributed by atoms with Gasteiger partial charge in [0, 0.05) is 18.1 Å². The molecule has 0 fully saturated rings. The van der Waals surface area contributed by atoms with Crippen LogP contribution in [0.4, 0.5) is 4.39 Å². The standard InChI is InChI=1S/C16H15FO3/c1-19-12-6-7-13-14(18)9-15(20-16(13)8-12)10-2-4-11(17)5-3-10/h2-8,14-15,18H,9H2,1H3/t14-,15?/m0/s1. The van der Waals surface area contributed by atoms with Crippen LogP contribution in [-0.2, 0) is 0 Å². The number of fused-ring (bicyclic) bond motifs is 1. The first kappa shape index (κ1) is 12.9. The maximum absolute atomic E-state index is 13.0. The Morgan fingerprint density at radius 2 is 1.95 bits per heavy atom. The summed E-state index contributed by atoms with van der Waals surface area (Å²) in [6.07, 6.45) is -0.435. The molecule has 0 aromatic heterocycles. The molecule has 104 valence electrons. The zero-order chi connectivity index (χ0) is 14.1. The SMILES string of the molecule is COc1ccc2c(c1)OC(c1ccc(F)cc1)C[C@@H]2O. The Labute approximate surface area is 116 Å². The minimum absolute atomic E-state index is 0.285. The van der Waals surface area contributed by atoms with Gasteiger partial charge in [0.15, 0.2) is 0 Å². The van der Waals surface area contributed by atoms with E-state index in [4.69, 9.17) is 9.47 Å². The van der Waals surface area contributed by atoms with Crippen molar-refractivity contribution < 1.29 is 19.0 Å². The molecule has 0 amide bonds. The normalized spacial score (nSPS) is 20.9. The van der Waals surface area contributed by atoms with E-state index in [1.807, 2.05) is 0 Å². The van der Waals surface area contributed by atoms with Gasteiger partial charge in [-0.1, -0.05) is 12.1 Å². The zero-order valence-corrected chi connectivity index (χ0v) is 11.0. The molecule has 0 spiro atoms. The molecular formula is C16H15FO3. The molecule has 1 aliphatic rings. The summed E-state index contributed by atoms with van der Waals surface area (Å²) in [5, 5.41) is 10.2. The number of aliphatic hydroxyl groups excluding tert-OH is 1. The van der Waals surface area contributed by atoms with Gasteiger partial charge in [0.05, 0.1) is 13.2 Å². The van der Waals surface area contributed by atoms with Crippen molar-refractivity contribution in [2.75, 3.05) is 7.11 Å². The Bertz CT molecular complexity index is 610. The van der Waals surface area contributed by atoms with E-state index in [-0.39, 0.29) is 11.9 Å². The first-order valence-corrected chi connectivity index (χ1v) is 6.45. The summed E-state index contributed by atoms with van der Waals surface area (Å²) in [5.74, 6) is 1.00. The van der Waals surface area contributed by atoms with Crippen molar-refractivity contribution in [3.63, 3.8) is 0 Å². The van der Waals surface area contributed by atoms with E-state index in [0.717, 1.165) is 11.1 Å². The number of halogens is 1. The summed E-state index contributed by atoms with van der Waals surface area (Å²) in [4.78, 5) is 0. The molecule has 2 aromatic carbocycles. The van der Waals surface area contributed by atoms with E-state index in [0.29, 0.717) is 17.9 Å². The summed E-state index contributed by atoms with van der Waals surface area (Å²) in [5.41, 5.74) is 1.60. The predicted octanol–water partition coefficient (Wildman–Crippen LogP) is 3.39. The zero-order valence-electron chi connectivity index (χ0n) is 11.0. The van der Waals surface area contributed by atoms with Crippen LogP contribution in [-0.4, -0.2) is 12.2 Å². The van der Waals surface area contributed by atoms with E-state index >= 15 is 0 Å². The quantitative estimate of drug-likeness (QED) is 0.912. The van der Waals surface area contributed by atoms with Crippen LogP contribution in [0.15, 0.2) is 42.5 Å². The van der Waals surface area contributed by atoms with Gasteiger partial charge in [-0.15, -0.1) is 0 Å². The number of rotatable bonds is 2. The lowest BCUT2D eigenvalue weighted by molar-refractivity contribution is 0.0654. The van der Waals surface area contributed by atoms with Gasteiger partial charge in [-0.25, -0.2) is 4.39 Å². The van der Waals surface area contributed by atoms with E-state index in [9.17, 15) is 9.50 Å². The van der Waals surface area contributed by atoms with Crippen LogP contribution in [0.5, 0.6) is 11.5 Å². The molecule has 0 aliphatic carbocycles. The molecule has 0 radical (unpaired) electrons. The third-order valence-electron chi connectivity index (χ3n) is 3.53. The van der Waals surface area contributed by atoms with Crippen LogP contribution in [0.2, 0.25) is 0 Å². The highest BCUT2D eigenvalue weighted by atomic mass is 19.1. The Hall–Kier alpha value is -2.07. The highest BCUT2D eigenvalue weighted by Gasteiger charge is 2.28. The van der Waals surface area contributed by atoms with Crippen molar-refractivity contribution in [2.45, 2.75) is 18.6 Å². The van der Waals surface area contributed by atoms with Gasteiger partial charge in [-0.3, -0.25) is 0 Å². The second-order valence-corrected chi connectivity index (χ2v) is 4.81. The first-order valence-electron chi connectivity index (χ1n) is 6.45. The molecule has 1 N–H and O–H groups in total. The van der Waals surface area contributed by atoms with E-state index in [1.54, 1.807) is 37.4 Å². The lowest BCUT2D eigenvalue weighted by Gasteiger charge is -2.30. The fraction of sp³-hybridized carbons (Fsp3) is 0.250. The summed E-state index contributed by atoms with van der Waals surface area (Å²) in [6.45, 7) is 0. The Balaban J connectivity index is 1.92. The van der Waals surface area contributed by atoms with Crippen molar-refractivity contribution in [1.82, 2.24) is 0 Å². The molecule has 1 aliphatic heterocycles. The molecule has 1 heterocycles. The summed E-state index contributed by atoms with van der Waals surface area (Å²) >= 11 is 0. The average molecular weight is 274 g/mol. The molecule has 1 unspecified atom stereocenters.